The molecule has 0 saturated carbocycles. The number of likely N-dealkylation sites (tertiary alicyclic amines) is 1. The molecular weight excluding hydrogens is 303 g/mol. The summed E-state index contributed by atoms with van der Waals surface area (Å²) in [5.41, 5.74) is 0.255. The number of thioether (sulfide) groups is 1. The number of thiocarbonyl (C=S) groups is 1. The number of alkyl halides is 3. The smallest absolute Gasteiger partial charge is 0.358 e. The highest BCUT2D eigenvalue weighted by molar-refractivity contribution is 8.23. The molecule has 0 aliphatic carbocycles. The molecule has 0 amide bonds. The summed E-state index contributed by atoms with van der Waals surface area (Å²) in [5.74, 6) is 0. The molecule has 0 bridgehead atoms. The molecule has 20 heavy (non-hydrogen) atoms. The maximum atomic E-state index is 12.5. The van der Waals surface area contributed by atoms with E-state index in [2.05, 4.69) is 4.90 Å². The first-order valence-electron chi connectivity index (χ1n) is 6.50. The topological polar surface area (TPSA) is 3.24 Å². The lowest BCUT2D eigenvalue weighted by Crippen LogP contribution is -2.23. The molecule has 0 radical (unpaired) electrons. The number of hydrogen-bond donors (Lipinski definition) is 0. The Kier molecular flexibility index (Phi) is 4.96. The van der Waals surface area contributed by atoms with Gasteiger partial charge in [-0.05, 0) is 37.5 Å². The van der Waals surface area contributed by atoms with Gasteiger partial charge in [-0.3, -0.25) is 0 Å². The fourth-order valence-corrected chi connectivity index (χ4v) is 3.68. The first-order valence-corrected chi connectivity index (χ1v) is 7.79. The molecule has 6 heteroatoms. The third-order valence-corrected chi connectivity index (χ3v) is 4.98. The number of benzene rings is 1. The molecule has 1 atom stereocenters. The molecule has 0 N–H and O–H groups in total. The largest absolute Gasteiger partial charge is 0.416 e. The molecule has 110 valence electrons. The van der Waals surface area contributed by atoms with Crippen molar-refractivity contribution in [1.82, 2.24) is 4.90 Å². The summed E-state index contributed by atoms with van der Waals surface area (Å²) in [7, 11) is 0. The second-order valence-corrected chi connectivity index (χ2v) is 6.81. The molecule has 1 fully saturated rings. The zero-order valence-corrected chi connectivity index (χ0v) is 12.7. The van der Waals surface area contributed by atoms with Crippen LogP contribution in [0, 0.1) is 0 Å². The van der Waals surface area contributed by atoms with Crippen LogP contribution in [0.1, 0.15) is 36.1 Å². The van der Waals surface area contributed by atoms with Crippen LogP contribution in [0.25, 0.3) is 0 Å². The Hall–Kier alpha value is -0.750. The molecule has 1 aromatic rings. The lowest BCUT2D eigenvalue weighted by molar-refractivity contribution is -0.137. The Morgan fingerprint density at radius 3 is 2.25 bits per heavy atom. The highest BCUT2D eigenvalue weighted by atomic mass is 32.2. The minimum absolute atomic E-state index is 0.0605. The third-order valence-electron chi connectivity index (χ3n) is 3.35. The van der Waals surface area contributed by atoms with Crippen molar-refractivity contribution in [2.75, 3.05) is 13.1 Å². The zero-order chi connectivity index (χ0) is 14.8. The van der Waals surface area contributed by atoms with Crippen molar-refractivity contribution in [1.29, 1.82) is 0 Å². The van der Waals surface area contributed by atoms with Crippen LogP contribution >= 0.6 is 24.0 Å². The maximum Gasteiger partial charge on any atom is 0.416 e. The van der Waals surface area contributed by atoms with Gasteiger partial charge in [0.05, 0.1) is 5.56 Å². The predicted molar refractivity (Wildman–Crippen MR) is 80.9 cm³/mol. The molecule has 1 heterocycles. The second kappa shape index (κ2) is 6.35. The van der Waals surface area contributed by atoms with Crippen molar-refractivity contribution < 1.29 is 13.2 Å². The van der Waals surface area contributed by atoms with Gasteiger partial charge in [0.2, 0.25) is 0 Å². The van der Waals surface area contributed by atoms with Crippen molar-refractivity contribution >= 4 is 28.3 Å². The molecule has 1 saturated heterocycles. The normalized spacial score (nSPS) is 17.3. The summed E-state index contributed by atoms with van der Waals surface area (Å²) in [6.45, 7) is 3.95. The van der Waals surface area contributed by atoms with Crippen LogP contribution in [-0.4, -0.2) is 22.3 Å². The van der Waals surface area contributed by atoms with E-state index in [9.17, 15) is 13.2 Å². The third kappa shape index (κ3) is 3.88. The highest BCUT2D eigenvalue weighted by Crippen LogP contribution is 2.34. The van der Waals surface area contributed by atoms with E-state index in [1.54, 1.807) is 0 Å². The standard InChI is InChI=1S/C14H16F3NS2/c1-10(20-13(19)18-8-2-3-9-18)11-4-6-12(7-5-11)14(15,16)17/h4-7,10H,2-3,8-9H2,1H3. The van der Waals surface area contributed by atoms with Crippen molar-refractivity contribution in [2.45, 2.75) is 31.2 Å². The number of nitrogens with zero attached hydrogens (tertiary/aromatic N) is 1. The number of hydrogen-bond acceptors (Lipinski definition) is 2. The predicted octanol–water partition coefficient (Wildman–Crippen LogP) is 4.88. The Morgan fingerprint density at radius 2 is 1.75 bits per heavy atom. The lowest BCUT2D eigenvalue weighted by Gasteiger charge is -2.21. The van der Waals surface area contributed by atoms with E-state index >= 15 is 0 Å². The van der Waals surface area contributed by atoms with Gasteiger partial charge in [-0.25, -0.2) is 0 Å². The van der Waals surface area contributed by atoms with E-state index in [0.29, 0.717) is 0 Å². The van der Waals surface area contributed by atoms with Crippen molar-refractivity contribution in [3.8, 4) is 0 Å². The Labute approximate surface area is 126 Å². The fraction of sp³-hybridized carbons (Fsp3) is 0.500. The average molecular weight is 319 g/mol. The quantitative estimate of drug-likeness (QED) is 0.715. The van der Waals surface area contributed by atoms with Crippen LogP contribution in [0.5, 0.6) is 0 Å². The number of rotatable bonds is 2. The van der Waals surface area contributed by atoms with Crippen LogP contribution in [-0.2, 0) is 6.18 Å². The summed E-state index contributed by atoms with van der Waals surface area (Å²) in [6.07, 6.45) is -1.95. The highest BCUT2D eigenvalue weighted by Gasteiger charge is 2.30. The Bertz CT molecular complexity index is 464. The molecule has 1 aliphatic rings. The van der Waals surface area contributed by atoms with Crippen molar-refractivity contribution in [3.05, 3.63) is 35.4 Å². The molecule has 1 nitrogen and oxygen atoms in total. The summed E-state index contributed by atoms with van der Waals surface area (Å²) < 4.78 is 38.4. The second-order valence-electron chi connectivity index (χ2n) is 4.84. The fourth-order valence-electron chi connectivity index (χ4n) is 2.14. The monoisotopic (exact) mass is 319 g/mol. The Morgan fingerprint density at radius 1 is 1.20 bits per heavy atom. The first-order chi connectivity index (χ1) is 9.38. The number of halogens is 3. The van der Waals surface area contributed by atoms with Crippen LogP contribution < -0.4 is 0 Å². The summed E-state index contributed by atoms with van der Waals surface area (Å²) in [6, 6.07) is 5.33. The van der Waals surface area contributed by atoms with E-state index in [-0.39, 0.29) is 5.25 Å². The van der Waals surface area contributed by atoms with E-state index in [0.717, 1.165) is 47.9 Å². The van der Waals surface area contributed by atoms with Gasteiger partial charge in [-0.15, -0.1) is 0 Å². The van der Waals surface area contributed by atoms with Gasteiger partial charge in [0.25, 0.3) is 0 Å². The minimum atomic E-state index is -4.28. The maximum absolute atomic E-state index is 12.5. The molecule has 1 aliphatic heterocycles. The van der Waals surface area contributed by atoms with Gasteiger partial charge in [-0.2, -0.15) is 13.2 Å². The van der Waals surface area contributed by atoms with Crippen LogP contribution in [0.3, 0.4) is 0 Å². The molecule has 2 rings (SSSR count). The minimum Gasteiger partial charge on any atom is -0.358 e. The molecule has 1 aromatic carbocycles. The van der Waals surface area contributed by atoms with Gasteiger partial charge < -0.3 is 4.90 Å². The lowest BCUT2D eigenvalue weighted by atomic mass is 10.1. The molecule has 1 unspecified atom stereocenters. The first kappa shape index (κ1) is 15.6. The zero-order valence-electron chi connectivity index (χ0n) is 11.1. The SMILES string of the molecule is CC(SC(=S)N1CCCC1)c1ccc(C(F)(F)F)cc1. The van der Waals surface area contributed by atoms with Gasteiger partial charge in [-0.1, -0.05) is 36.1 Å². The van der Waals surface area contributed by atoms with Crippen LogP contribution in [0.15, 0.2) is 24.3 Å². The van der Waals surface area contributed by atoms with Gasteiger partial charge in [0.15, 0.2) is 0 Å². The van der Waals surface area contributed by atoms with Crippen molar-refractivity contribution in [2.24, 2.45) is 0 Å². The molecular formula is C14H16F3NS2. The molecule has 0 aromatic heterocycles. The van der Waals surface area contributed by atoms with Gasteiger partial charge in [0, 0.05) is 18.3 Å². The van der Waals surface area contributed by atoms with E-state index in [1.807, 2.05) is 6.92 Å². The summed E-state index contributed by atoms with van der Waals surface area (Å²) >= 11 is 6.92. The summed E-state index contributed by atoms with van der Waals surface area (Å²) in [4.78, 5) is 2.17. The average Bonchev–Trinajstić information content (AvgIpc) is 2.91. The molecule has 0 spiro atoms. The van der Waals surface area contributed by atoms with Crippen LogP contribution in [0.4, 0.5) is 13.2 Å². The van der Waals surface area contributed by atoms with Gasteiger partial charge >= 0.3 is 6.18 Å². The van der Waals surface area contributed by atoms with Crippen LogP contribution in [0.2, 0.25) is 0 Å². The van der Waals surface area contributed by atoms with E-state index < -0.39 is 11.7 Å². The summed E-state index contributed by atoms with van der Waals surface area (Å²) in [5, 5.41) is 0.0605. The Balaban J connectivity index is 1.98. The van der Waals surface area contributed by atoms with Crippen molar-refractivity contribution in [3.63, 3.8) is 0 Å². The van der Waals surface area contributed by atoms with E-state index in [1.165, 1.54) is 23.9 Å². The van der Waals surface area contributed by atoms with E-state index in [4.69, 9.17) is 12.2 Å². The van der Waals surface area contributed by atoms with Gasteiger partial charge in [0.1, 0.15) is 4.32 Å².